The van der Waals surface area contributed by atoms with Gasteiger partial charge in [-0.3, -0.25) is 0 Å². The zero-order valence-electron chi connectivity index (χ0n) is 12.9. The minimum absolute atomic E-state index is 0.429. The van der Waals surface area contributed by atoms with Crippen LogP contribution < -0.4 is 0 Å². The molecule has 116 valence electrons. The van der Waals surface area contributed by atoms with Crippen molar-refractivity contribution in [3.63, 3.8) is 0 Å². The van der Waals surface area contributed by atoms with Crippen LogP contribution in [-0.2, 0) is 12.4 Å². The van der Waals surface area contributed by atoms with Gasteiger partial charge in [0.15, 0.2) is 0 Å². The van der Waals surface area contributed by atoms with E-state index in [-0.39, 0.29) is 0 Å². The number of aryl methyl sites for hydroxylation is 1. The average Bonchev–Trinajstić information content (AvgIpc) is 2.80. The van der Waals surface area contributed by atoms with Gasteiger partial charge in [-0.15, -0.1) is 11.6 Å². The van der Waals surface area contributed by atoms with Crippen molar-refractivity contribution in [1.29, 1.82) is 0 Å². The van der Waals surface area contributed by atoms with E-state index in [0.29, 0.717) is 16.9 Å². The Labute approximate surface area is 136 Å². The van der Waals surface area contributed by atoms with E-state index in [1.165, 1.54) is 6.42 Å². The summed E-state index contributed by atoms with van der Waals surface area (Å²) in [6.07, 6.45) is 2.29. The Bertz CT molecular complexity index is 592. The lowest BCUT2D eigenvalue weighted by molar-refractivity contribution is 0.266. The number of benzene rings is 1. The fourth-order valence-corrected chi connectivity index (χ4v) is 2.76. The van der Waals surface area contributed by atoms with Crippen LogP contribution in [0.2, 0.25) is 5.02 Å². The lowest BCUT2D eigenvalue weighted by Crippen LogP contribution is -2.27. The highest BCUT2D eigenvalue weighted by atomic mass is 35.5. The first-order valence-corrected chi connectivity index (χ1v) is 8.35. The van der Waals surface area contributed by atoms with Crippen molar-refractivity contribution >= 4 is 34.2 Å². The second-order valence-electron chi connectivity index (χ2n) is 5.73. The molecule has 21 heavy (non-hydrogen) atoms. The number of imidazole rings is 1. The average molecular weight is 328 g/mol. The van der Waals surface area contributed by atoms with Gasteiger partial charge in [-0.05, 0) is 58.5 Å². The fraction of sp³-hybridized carbons (Fsp3) is 0.562. The van der Waals surface area contributed by atoms with E-state index in [9.17, 15) is 0 Å². The first-order chi connectivity index (χ1) is 10.0. The molecule has 0 aliphatic rings. The molecule has 1 aromatic heterocycles. The van der Waals surface area contributed by atoms with Crippen LogP contribution >= 0.6 is 23.2 Å². The van der Waals surface area contributed by atoms with E-state index in [1.54, 1.807) is 0 Å². The number of hydrogen-bond donors (Lipinski definition) is 0. The van der Waals surface area contributed by atoms with Crippen molar-refractivity contribution in [3.05, 3.63) is 29.0 Å². The van der Waals surface area contributed by atoms with Gasteiger partial charge >= 0.3 is 0 Å². The van der Waals surface area contributed by atoms with Crippen LogP contribution in [0.1, 0.15) is 32.5 Å². The standard InChI is InChI=1S/C16H23Cl2N3/c1-12(2)20(3)8-4-5-9-21-15-7-6-13(18)10-14(15)19-16(21)11-17/h6-7,10,12H,4-5,8-9,11H2,1-3H3. The highest BCUT2D eigenvalue weighted by molar-refractivity contribution is 6.31. The smallest absolute Gasteiger partial charge is 0.124 e. The van der Waals surface area contributed by atoms with Crippen molar-refractivity contribution in [2.24, 2.45) is 0 Å². The monoisotopic (exact) mass is 327 g/mol. The van der Waals surface area contributed by atoms with E-state index in [2.05, 4.69) is 35.3 Å². The molecule has 0 bridgehead atoms. The molecule has 1 aromatic carbocycles. The number of nitrogens with zero attached hydrogens (tertiary/aromatic N) is 3. The van der Waals surface area contributed by atoms with Gasteiger partial charge in [0, 0.05) is 17.6 Å². The van der Waals surface area contributed by atoms with Crippen molar-refractivity contribution in [1.82, 2.24) is 14.5 Å². The number of halogens is 2. The lowest BCUT2D eigenvalue weighted by Gasteiger charge is -2.20. The van der Waals surface area contributed by atoms with Crippen LogP contribution in [0, 0.1) is 0 Å². The molecule has 0 amide bonds. The molecule has 0 N–H and O–H groups in total. The van der Waals surface area contributed by atoms with Gasteiger partial charge in [-0.1, -0.05) is 11.6 Å². The quantitative estimate of drug-likeness (QED) is 0.549. The number of rotatable bonds is 7. The molecule has 5 heteroatoms. The predicted octanol–water partition coefficient (Wildman–Crippen LogP) is 4.55. The molecule has 0 unspecified atom stereocenters. The zero-order chi connectivity index (χ0) is 15.4. The second kappa shape index (κ2) is 7.48. The van der Waals surface area contributed by atoms with E-state index in [1.807, 2.05) is 18.2 Å². The van der Waals surface area contributed by atoms with Crippen molar-refractivity contribution in [2.75, 3.05) is 13.6 Å². The molecule has 0 spiro atoms. The molecule has 0 aliphatic carbocycles. The molecule has 0 fully saturated rings. The fourth-order valence-electron chi connectivity index (χ4n) is 2.39. The minimum atomic E-state index is 0.429. The molecule has 3 nitrogen and oxygen atoms in total. The molecule has 0 saturated carbocycles. The summed E-state index contributed by atoms with van der Waals surface area (Å²) >= 11 is 12.1. The number of hydrogen-bond acceptors (Lipinski definition) is 2. The highest BCUT2D eigenvalue weighted by Crippen LogP contribution is 2.22. The van der Waals surface area contributed by atoms with Gasteiger partial charge in [0.05, 0.1) is 16.9 Å². The molecule has 0 saturated heterocycles. The lowest BCUT2D eigenvalue weighted by atomic mass is 10.2. The number of fused-ring (bicyclic) bond motifs is 1. The third-order valence-electron chi connectivity index (χ3n) is 3.93. The maximum Gasteiger partial charge on any atom is 0.124 e. The summed E-state index contributed by atoms with van der Waals surface area (Å²) in [6, 6.07) is 6.43. The molecular formula is C16H23Cl2N3. The molecule has 0 radical (unpaired) electrons. The zero-order valence-corrected chi connectivity index (χ0v) is 14.5. The Kier molecular flexibility index (Phi) is 5.91. The summed E-state index contributed by atoms with van der Waals surface area (Å²) in [5, 5.41) is 0.715. The Balaban J connectivity index is 2.04. The molecule has 2 rings (SSSR count). The normalized spacial score (nSPS) is 12.0. The first-order valence-electron chi connectivity index (χ1n) is 7.43. The molecule has 2 aromatic rings. The minimum Gasteiger partial charge on any atom is -0.327 e. The SMILES string of the molecule is CC(C)N(C)CCCCn1c(CCl)nc2cc(Cl)ccc21. The highest BCUT2D eigenvalue weighted by Gasteiger charge is 2.10. The van der Waals surface area contributed by atoms with Crippen LogP contribution in [0.4, 0.5) is 0 Å². The van der Waals surface area contributed by atoms with Crippen molar-refractivity contribution in [3.8, 4) is 0 Å². The second-order valence-corrected chi connectivity index (χ2v) is 6.43. The third-order valence-corrected chi connectivity index (χ3v) is 4.41. The maximum absolute atomic E-state index is 6.03. The van der Waals surface area contributed by atoms with Gasteiger partial charge in [0.2, 0.25) is 0 Å². The Morgan fingerprint density at radius 1 is 1.29 bits per heavy atom. The summed E-state index contributed by atoms with van der Waals surface area (Å²) < 4.78 is 2.22. The van der Waals surface area contributed by atoms with E-state index in [0.717, 1.165) is 36.4 Å². The maximum atomic E-state index is 6.03. The van der Waals surface area contributed by atoms with Crippen LogP contribution in [-0.4, -0.2) is 34.1 Å². The van der Waals surface area contributed by atoms with Crippen molar-refractivity contribution in [2.45, 2.75) is 45.2 Å². The first kappa shape index (κ1) is 16.6. The number of alkyl halides is 1. The largest absolute Gasteiger partial charge is 0.327 e. The van der Waals surface area contributed by atoms with E-state index in [4.69, 9.17) is 23.2 Å². The molecular weight excluding hydrogens is 305 g/mol. The summed E-state index contributed by atoms with van der Waals surface area (Å²) in [7, 11) is 2.17. The van der Waals surface area contributed by atoms with Gasteiger partial charge in [0.1, 0.15) is 5.82 Å². The van der Waals surface area contributed by atoms with Crippen LogP contribution in [0.15, 0.2) is 18.2 Å². The number of aromatic nitrogens is 2. The van der Waals surface area contributed by atoms with E-state index >= 15 is 0 Å². The topological polar surface area (TPSA) is 21.1 Å². The summed E-state index contributed by atoms with van der Waals surface area (Å²) in [4.78, 5) is 6.94. The summed E-state index contributed by atoms with van der Waals surface area (Å²) in [5.41, 5.74) is 2.05. The van der Waals surface area contributed by atoms with Crippen LogP contribution in [0.3, 0.4) is 0 Å². The van der Waals surface area contributed by atoms with Gasteiger partial charge < -0.3 is 9.47 Å². The Morgan fingerprint density at radius 2 is 2.05 bits per heavy atom. The summed E-state index contributed by atoms with van der Waals surface area (Å²) in [5.74, 6) is 1.35. The molecule has 0 aliphatic heterocycles. The summed E-state index contributed by atoms with van der Waals surface area (Å²) in [6.45, 7) is 6.51. The molecule has 1 heterocycles. The Morgan fingerprint density at radius 3 is 2.71 bits per heavy atom. The number of unbranched alkanes of at least 4 members (excludes halogenated alkanes) is 1. The predicted molar refractivity (Wildman–Crippen MR) is 91.3 cm³/mol. The van der Waals surface area contributed by atoms with E-state index < -0.39 is 0 Å². The van der Waals surface area contributed by atoms with Crippen molar-refractivity contribution < 1.29 is 0 Å². The van der Waals surface area contributed by atoms with Gasteiger partial charge in [0.25, 0.3) is 0 Å². The van der Waals surface area contributed by atoms with Gasteiger partial charge in [-0.2, -0.15) is 0 Å². The Hall–Kier alpha value is -0.770. The molecule has 0 atom stereocenters. The van der Waals surface area contributed by atoms with Gasteiger partial charge in [-0.25, -0.2) is 4.98 Å². The van der Waals surface area contributed by atoms with Crippen LogP contribution in [0.25, 0.3) is 11.0 Å². The van der Waals surface area contributed by atoms with Crippen LogP contribution in [0.5, 0.6) is 0 Å². The third kappa shape index (κ3) is 4.12.